The highest BCUT2D eigenvalue weighted by atomic mass is 16.5. The van der Waals surface area contributed by atoms with Crippen LogP contribution in [-0.2, 0) is 38.2 Å². The number of hydrogen-bond donors (Lipinski definition) is 2. The van der Waals surface area contributed by atoms with Gasteiger partial charge in [-0.25, -0.2) is 4.79 Å². The van der Waals surface area contributed by atoms with Gasteiger partial charge in [-0.3, -0.25) is 19.2 Å². The molecule has 0 aliphatic heterocycles. The van der Waals surface area contributed by atoms with Gasteiger partial charge in [0.15, 0.2) is 6.61 Å². The molecule has 0 aromatic rings. The van der Waals surface area contributed by atoms with Gasteiger partial charge in [0.1, 0.15) is 6.04 Å². The van der Waals surface area contributed by atoms with Crippen molar-refractivity contribution in [1.29, 1.82) is 0 Å². The maximum absolute atomic E-state index is 11.9. The van der Waals surface area contributed by atoms with E-state index in [1.165, 1.54) is 6.92 Å². The van der Waals surface area contributed by atoms with E-state index in [9.17, 15) is 29.1 Å². The van der Waals surface area contributed by atoms with Gasteiger partial charge >= 0.3 is 23.9 Å². The number of ether oxygens (including phenoxy) is 3. The third-order valence-electron chi connectivity index (χ3n) is 2.67. The number of carbonyl (C=O) groups excluding carboxylic acids is 4. The minimum absolute atomic E-state index is 0.0358. The molecule has 24 heavy (non-hydrogen) atoms. The Morgan fingerprint density at radius 3 is 2.04 bits per heavy atom. The van der Waals surface area contributed by atoms with Crippen LogP contribution in [0.1, 0.15) is 27.2 Å². The number of hydrogen-bond acceptors (Lipinski definition) is 8. The summed E-state index contributed by atoms with van der Waals surface area (Å²) in [4.78, 5) is 57.2. The summed E-state index contributed by atoms with van der Waals surface area (Å²) in [6, 6.07) is -1.74. The van der Waals surface area contributed by atoms with E-state index in [-0.39, 0.29) is 13.2 Å². The van der Waals surface area contributed by atoms with Crippen LogP contribution in [0.15, 0.2) is 0 Å². The van der Waals surface area contributed by atoms with Crippen molar-refractivity contribution in [3.8, 4) is 0 Å². The van der Waals surface area contributed by atoms with Crippen LogP contribution in [0.25, 0.3) is 0 Å². The predicted octanol–water partition coefficient (Wildman–Crippen LogP) is -0.749. The van der Waals surface area contributed by atoms with Crippen molar-refractivity contribution in [2.45, 2.75) is 33.2 Å². The van der Waals surface area contributed by atoms with Crippen molar-refractivity contribution in [2.75, 3.05) is 19.8 Å². The normalized spacial score (nSPS) is 12.5. The van der Waals surface area contributed by atoms with Gasteiger partial charge in [-0.15, -0.1) is 0 Å². The maximum atomic E-state index is 11.9. The SMILES string of the molecule is CCOC(=O)C[C@@H](C(=O)OCC)[C@H](NC(=O)COC(C)=O)C(=O)O. The zero-order valence-electron chi connectivity index (χ0n) is 13.7. The summed E-state index contributed by atoms with van der Waals surface area (Å²) in [7, 11) is 0. The first-order chi connectivity index (χ1) is 11.2. The Bertz CT molecular complexity index is 489. The van der Waals surface area contributed by atoms with Gasteiger partial charge in [0, 0.05) is 6.92 Å². The minimum atomic E-state index is -1.74. The van der Waals surface area contributed by atoms with Crippen LogP contribution in [0.3, 0.4) is 0 Å². The lowest BCUT2D eigenvalue weighted by atomic mass is 9.96. The molecule has 10 heteroatoms. The number of nitrogens with one attached hydrogen (secondary N) is 1. The first kappa shape index (κ1) is 21.4. The monoisotopic (exact) mass is 347 g/mol. The molecular weight excluding hydrogens is 326 g/mol. The average Bonchev–Trinajstić information content (AvgIpc) is 2.48. The summed E-state index contributed by atoms with van der Waals surface area (Å²) in [5, 5.41) is 11.3. The van der Waals surface area contributed by atoms with Crippen molar-refractivity contribution in [3.05, 3.63) is 0 Å². The molecule has 10 nitrogen and oxygen atoms in total. The van der Waals surface area contributed by atoms with Crippen molar-refractivity contribution in [3.63, 3.8) is 0 Å². The van der Waals surface area contributed by atoms with Crippen LogP contribution in [0.5, 0.6) is 0 Å². The molecule has 0 aliphatic rings. The van der Waals surface area contributed by atoms with Crippen LogP contribution >= 0.6 is 0 Å². The van der Waals surface area contributed by atoms with Crippen LogP contribution in [0.4, 0.5) is 0 Å². The number of carboxylic acid groups (broad SMARTS) is 1. The predicted molar refractivity (Wildman–Crippen MR) is 77.6 cm³/mol. The fraction of sp³-hybridized carbons (Fsp3) is 0.643. The summed E-state index contributed by atoms with van der Waals surface area (Å²) in [6.07, 6.45) is -0.586. The van der Waals surface area contributed by atoms with Gasteiger partial charge in [0.2, 0.25) is 0 Å². The summed E-state index contributed by atoms with van der Waals surface area (Å²) in [6.45, 7) is 3.43. The van der Waals surface area contributed by atoms with Gasteiger partial charge in [0.05, 0.1) is 25.6 Å². The first-order valence-corrected chi connectivity index (χ1v) is 7.20. The number of carbonyl (C=O) groups is 5. The lowest BCUT2D eigenvalue weighted by Crippen LogP contribution is -2.50. The lowest BCUT2D eigenvalue weighted by Gasteiger charge is -2.22. The topological polar surface area (TPSA) is 145 Å². The van der Waals surface area contributed by atoms with Gasteiger partial charge in [-0.05, 0) is 13.8 Å². The molecule has 1 amide bonds. The van der Waals surface area contributed by atoms with Crippen LogP contribution in [-0.4, -0.2) is 60.8 Å². The highest BCUT2D eigenvalue weighted by Crippen LogP contribution is 2.14. The number of carboxylic acids is 1. The highest BCUT2D eigenvalue weighted by molar-refractivity contribution is 5.91. The Balaban J connectivity index is 5.18. The van der Waals surface area contributed by atoms with E-state index >= 15 is 0 Å². The highest BCUT2D eigenvalue weighted by Gasteiger charge is 2.38. The Morgan fingerprint density at radius 2 is 1.58 bits per heavy atom. The Kier molecular flexibility index (Phi) is 9.76. The number of aliphatic carboxylic acids is 1. The Labute approximate surface area is 138 Å². The number of amides is 1. The fourth-order valence-electron chi connectivity index (χ4n) is 1.70. The van der Waals surface area contributed by atoms with E-state index in [0.717, 1.165) is 6.92 Å². The molecule has 0 aliphatic carbocycles. The van der Waals surface area contributed by atoms with Crippen molar-refractivity contribution < 1.29 is 43.3 Å². The summed E-state index contributed by atoms with van der Waals surface area (Å²) in [5.74, 6) is -6.47. The molecular formula is C14H21NO9. The van der Waals surface area contributed by atoms with Gasteiger partial charge in [0.25, 0.3) is 5.91 Å². The van der Waals surface area contributed by atoms with E-state index in [4.69, 9.17) is 9.47 Å². The standard InChI is InChI=1S/C14H21NO9/c1-4-22-11(18)6-9(14(21)23-5-2)12(13(19)20)15-10(17)7-24-8(3)16/h9,12H,4-7H2,1-3H3,(H,15,17)(H,19,20)/t9-,12+/m1/s1. The molecule has 0 saturated carbocycles. The maximum Gasteiger partial charge on any atom is 0.327 e. The van der Waals surface area contributed by atoms with E-state index in [1.807, 2.05) is 5.32 Å². The molecule has 0 unspecified atom stereocenters. The third kappa shape index (κ3) is 8.11. The second-order valence-electron chi connectivity index (χ2n) is 4.53. The summed E-state index contributed by atoms with van der Waals surface area (Å²) in [5.41, 5.74) is 0. The third-order valence-corrected chi connectivity index (χ3v) is 2.67. The average molecular weight is 347 g/mol. The van der Waals surface area contributed by atoms with Gasteiger partial charge < -0.3 is 24.6 Å². The van der Waals surface area contributed by atoms with Crippen LogP contribution < -0.4 is 5.32 Å². The van der Waals surface area contributed by atoms with E-state index in [1.54, 1.807) is 6.92 Å². The summed E-state index contributed by atoms with van der Waals surface area (Å²) < 4.78 is 13.9. The minimum Gasteiger partial charge on any atom is -0.480 e. The molecule has 0 aromatic carbocycles. The number of esters is 3. The van der Waals surface area contributed by atoms with Gasteiger partial charge in [-0.2, -0.15) is 0 Å². The van der Waals surface area contributed by atoms with E-state index in [2.05, 4.69) is 4.74 Å². The molecule has 2 N–H and O–H groups in total. The molecule has 0 bridgehead atoms. The smallest absolute Gasteiger partial charge is 0.327 e. The van der Waals surface area contributed by atoms with E-state index in [0.29, 0.717) is 0 Å². The molecule has 2 atom stereocenters. The van der Waals surface area contributed by atoms with Crippen molar-refractivity contribution in [1.82, 2.24) is 5.32 Å². The lowest BCUT2D eigenvalue weighted by molar-refractivity contribution is -0.160. The number of rotatable bonds is 10. The summed E-state index contributed by atoms with van der Waals surface area (Å²) >= 11 is 0. The molecule has 0 rings (SSSR count). The Morgan fingerprint density at radius 1 is 1.00 bits per heavy atom. The van der Waals surface area contributed by atoms with Crippen LogP contribution in [0.2, 0.25) is 0 Å². The molecule has 0 fully saturated rings. The molecule has 0 radical (unpaired) electrons. The molecule has 0 saturated heterocycles. The molecule has 136 valence electrons. The van der Waals surface area contributed by atoms with E-state index < -0.39 is 54.8 Å². The van der Waals surface area contributed by atoms with Gasteiger partial charge in [-0.1, -0.05) is 0 Å². The largest absolute Gasteiger partial charge is 0.480 e. The zero-order chi connectivity index (χ0) is 18.7. The second-order valence-corrected chi connectivity index (χ2v) is 4.53. The molecule has 0 aromatic heterocycles. The molecule has 0 heterocycles. The van der Waals surface area contributed by atoms with Crippen LogP contribution in [0, 0.1) is 5.92 Å². The van der Waals surface area contributed by atoms with Crippen molar-refractivity contribution in [2.24, 2.45) is 5.92 Å². The first-order valence-electron chi connectivity index (χ1n) is 7.20. The fourth-order valence-corrected chi connectivity index (χ4v) is 1.70. The Hall–Kier alpha value is -2.65. The second kappa shape index (κ2) is 11.0. The van der Waals surface area contributed by atoms with Crippen molar-refractivity contribution >= 4 is 29.8 Å². The molecule has 0 spiro atoms. The zero-order valence-corrected chi connectivity index (χ0v) is 13.7. The quantitative estimate of drug-likeness (QED) is 0.385.